The number of methoxy groups -OCH3 is 2. The Morgan fingerprint density at radius 3 is 2.52 bits per heavy atom. The van der Waals surface area contributed by atoms with Gasteiger partial charge >= 0.3 is 6.03 Å². The highest BCUT2D eigenvalue weighted by Gasteiger charge is 2.50. The summed E-state index contributed by atoms with van der Waals surface area (Å²) in [6.07, 6.45) is 1.10. The first-order chi connectivity index (χ1) is 13.7. The first-order valence-corrected chi connectivity index (χ1v) is 9.58. The molecular weight excluding hydrogens is 372 g/mol. The molecule has 7 nitrogen and oxygen atoms in total. The molecule has 7 heteroatoms. The van der Waals surface area contributed by atoms with Crippen molar-refractivity contribution in [2.24, 2.45) is 0 Å². The van der Waals surface area contributed by atoms with Gasteiger partial charge in [-0.25, -0.2) is 4.79 Å². The van der Waals surface area contributed by atoms with Crippen LogP contribution in [0.5, 0.6) is 23.0 Å². The minimum absolute atomic E-state index is 0.102. The molecule has 1 spiro atoms. The van der Waals surface area contributed by atoms with Crippen LogP contribution in [0.4, 0.5) is 4.79 Å². The van der Waals surface area contributed by atoms with E-state index in [1.54, 1.807) is 26.4 Å². The van der Waals surface area contributed by atoms with Crippen molar-refractivity contribution in [1.82, 2.24) is 10.6 Å². The van der Waals surface area contributed by atoms with Crippen molar-refractivity contribution >= 4 is 6.03 Å². The molecule has 1 saturated heterocycles. The number of nitrogens with one attached hydrogen (secondary N) is 2. The highest BCUT2D eigenvalue weighted by Crippen LogP contribution is 2.49. The van der Waals surface area contributed by atoms with Gasteiger partial charge < -0.3 is 30.0 Å². The molecule has 2 atom stereocenters. The summed E-state index contributed by atoms with van der Waals surface area (Å²) in [6.45, 7) is 3.94. The van der Waals surface area contributed by atoms with Crippen molar-refractivity contribution in [3.8, 4) is 23.0 Å². The minimum atomic E-state index is -0.901. The normalized spacial score (nSPS) is 24.7. The summed E-state index contributed by atoms with van der Waals surface area (Å²) >= 11 is 0. The van der Waals surface area contributed by atoms with Gasteiger partial charge in [-0.15, -0.1) is 0 Å². The second kappa shape index (κ2) is 6.76. The topological polar surface area (TPSA) is 89.1 Å². The molecule has 3 N–H and O–H groups in total. The average Bonchev–Trinajstić information content (AvgIpc) is 2.64. The molecule has 2 aliphatic rings. The van der Waals surface area contributed by atoms with E-state index in [1.807, 2.05) is 38.1 Å². The number of carbonyl (C=O) groups excluding carboxylic acids is 1. The van der Waals surface area contributed by atoms with Crippen molar-refractivity contribution in [3.05, 3.63) is 47.5 Å². The van der Waals surface area contributed by atoms with Crippen molar-refractivity contribution in [3.63, 3.8) is 0 Å². The lowest BCUT2D eigenvalue weighted by Crippen LogP contribution is -2.69. The van der Waals surface area contributed by atoms with Gasteiger partial charge in [0.2, 0.25) is 0 Å². The fourth-order valence-corrected chi connectivity index (χ4v) is 4.51. The Morgan fingerprint density at radius 1 is 1.07 bits per heavy atom. The number of ether oxygens (including phenoxy) is 3. The predicted octanol–water partition coefficient (Wildman–Crippen LogP) is 3.50. The molecule has 1 fully saturated rings. The first-order valence-electron chi connectivity index (χ1n) is 9.58. The van der Waals surface area contributed by atoms with Crippen LogP contribution in [0, 0.1) is 0 Å². The van der Waals surface area contributed by atoms with Crippen LogP contribution in [0.15, 0.2) is 36.4 Å². The maximum Gasteiger partial charge on any atom is 0.318 e. The van der Waals surface area contributed by atoms with Gasteiger partial charge in [-0.05, 0) is 26.0 Å². The monoisotopic (exact) mass is 398 g/mol. The van der Waals surface area contributed by atoms with Gasteiger partial charge in [0.25, 0.3) is 0 Å². The fraction of sp³-hybridized carbons (Fsp3) is 0.409. The number of aromatic hydroxyl groups is 1. The summed E-state index contributed by atoms with van der Waals surface area (Å²) in [5, 5.41) is 16.0. The SMILES string of the molecule is COc1ccc([C@H]2C[C@]3(CC(C)(C)NC(=O)N3)Oc3cc(O)ccc32)c(OC)c1. The van der Waals surface area contributed by atoms with Crippen LogP contribution in [0.1, 0.15) is 43.7 Å². The number of amides is 2. The number of hydrogen-bond acceptors (Lipinski definition) is 5. The number of hydrogen-bond donors (Lipinski definition) is 3. The molecule has 0 bridgehead atoms. The quantitative estimate of drug-likeness (QED) is 0.736. The summed E-state index contributed by atoms with van der Waals surface area (Å²) in [7, 11) is 3.24. The third-order valence-electron chi connectivity index (χ3n) is 5.55. The largest absolute Gasteiger partial charge is 0.508 e. The number of benzene rings is 2. The molecule has 2 amide bonds. The van der Waals surface area contributed by atoms with E-state index in [0.29, 0.717) is 30.1 Å². The Hall–Kier alpha value is -3.09. The molecule has 2 aliphatic heterocycles. The van der Waals surface area contributed by atoms with E-state index in [4.69, 9.17) is 14.2 Å². The highest BCUT2D eigenvalue weighted by molar-refractivity contribution is 5.77. The number of fused-ring (bicyclic) bond motifs is 1. The van der Waals surface area contributed by atoms with Crippen LogP contribution in [0.25, 0.3) is 0 Å². The molecule has 0 unspecified atom stereocenters. The van der Waals surface area contributed by atoms with E-state index in [2.05, 4.69) is 10.6 Å². The third-order valence-corrected chi connectivity index (χ3v) is 5.55. The van der Waals surface area contributed by atoms with E-state index >= 15 is 0 Å². The average molecular weight is 398 g/mol. The molecule has 0 aromatic heterocycles. The summed E-state index contributed by atoms with van der Waals surface area (Å²) in [5.74, 6) is 1.96. The van der Waals surface area contributed by atoms with Crippen LogP contribution in [-0.4, -0.2) is 36.6 Å². The van der Waals surface area contributed by atoms with Gasteiger partial charge in [0, 0.05) is 47.6 Å². The van der Waals surface area contributed by atoms with Crippen molar-refractivity contribution in [1.29, 1.82) is 0 Å². The second-order valence-electron chi connectivity index (χ2n) is 8.32. The predicted molar refractivity (Wildman–Crippen MR) is 108 cm³/mol. The van der Waals surface area contributed by atoms with Gasteiger partial charge in [-0.1, -0.05) is 12.1 Å². The molecule has 0 radical (unpaired) electrons. The molecular formula is C22H26N2O5. The van der Waals surface area contributed by atoms with E-state index in [-0.39, 0.29) is 17.7 Å². The molecule has 2 aromatic carbocycles. The maximum absolute atomic E-state index is 12.4. The van der Waals surface area contributed by atoms with Gasteiger partial charge in [-0.2, -0.15) is 0 Å². The second-order valence-corrected chi connectivity index (χ2v) is 8.32. The summed E-state index contributed by atoms with van der Waals surface area (Å²) in [5.41, 5.74) is 0.559. The molecule has 2 heterocycles. The number of phenolic OH excluding ortho intramolecular Hbond substituents is 1. The lowest BCUT2D eigenvalue weighted by atomic mass is 9.77. The third kappa shape index (κ3) is 3.52. The maximum atomic E-state index is 12.4. The van der Waals surface area contributed by atoms with E-state index in [9.17, 15) is 9.90 Å². The number of urea groups is 1. The van der Waals surface area contributed by atoms with E-state index in [1.165, 1.54) is 0 Å². The van der Waals surface area contributed by atoms with Crippen LogP contribution < -0.4 is 24.8 Å². The van der Waals surface area contributed by atoms with Gasteiger partial charge in [0.1, 0.15) is 23.0 Å². The van der Waals surface area contributed by atoms with Crippen molar-refractivity contribution in [2.75, 3.05) is 14.2 Å². The van der Waals surface area contributed by atoms with Crippen LogP contribution in [-0.2, 0) is 0 Å². The summed E-state index contributed by atoms with van der Waals surface area (Å²) in [4.78, 5) is 12.4. The Balaban J connectivity index is 1.84. The Labute approximate surface area is 170 Å². The number of phenols is 1. The number of rotatable bonds is 3. The molecule has 29 heavy (non-hydrogen) atoms. The Kier molecular flexibility index (Phi) is 4.48. The molecule has 0 saturated carbocycles. The zero-order valence-electron chi connectivity index (χ0n) is 17.0. The summed E-state index contributed by atoms with van der Waals surface area (Å²) in [6, 6.07) is 10.6. The van der Waals surface area contributed by atoms with Gasteiger partial charge in [0.05, 0.1) is 14.2 Å². The van der Waals surface area contributed by atoms with Crippen molar-refractivity contribution < 1.29 is 24.1 Å². The smallest absolute Gasteiger partial charge is 0.318 e. The van der Waals surface area contributed by atoms with Crippen molar-refractivity contribution in [2.45, 2.75) is 43.9 Å². The zero-order valence-corrected chi connectivity index (χ0v) is 17.0. The Morgan fingerprint density at radius 2 is 1.83 bits per heavy atom. The zero-order chi connectivity index (χ0) is 20.8. The molecule has 0 aliphatic carbocycles. The number of carbonyl (C=O) groups is 1. The van der Waals surface area contributed by atoms with Crippen LogP contribution in [0.2, 0.25) is 0 Å². The van der Waals surface area contributed by atoms with E-state index < -0.39 is 11.3 Å². The molecule has 4 rings (SSSR count). The highest BCUT2D eigenvalue weighted by atomic mass is 16.5. The van der Waals surface area contributed by atoms with Crippen LogP contribution in [0.3, 0.4) is 0 Å². The lowest BCUT2D eigenvalue weighted by Gasteiger charge is -2.49. The van der Waals surface area contributed by atoms with Gasteiger partial charge in [-0.3, -0.25) is 0 Å². The molecule has 154 valence electrons. The van der Waals surface area contributed by atoms with Gasteiger partial charge in [0.15, 0.2) is 5.72 Å². The fourth-order valence-electron chi connectivity index (χ4n) is 4.51. The minimum Gasteiger partial charge on any atom is -0.508 e. The summed E-state index contributed by atoms with van der Waals surface area (Å²) < 4.78 is 17.3. The molecule has 2 aromatic rings. The Bertz CT molecular complexity index is 958. The standard InChI is InChI=1S/C22H26N2O5/c1-21(2)12-22(24-20(26)23-21)11-17(16-7-5-13(25)9-19(16)29-22)15-8-6-14(27-3)10-18(15)28-4/h5-10,17,25H,11-12H2,1-4H3,(H2,23,24,26)/t17-,22-/m1/s1. The lowest BCUT2D eigenvalue weighted by molar-refractivity contribution is -0.0237. The first kappa shape index (κ1) is 19.2. The van der Waals surface area contributed by atoms with E-state index in [0.717, 1.165) is 11.1 Å². The van der Waals surface area contributed by atoms with Crippen LogP contribution >= 0.6 is 0 Å².